The predicted molar refractivity (Wildman–Crippen MR) is 81.8 cm³/mol. The average molecular weight is 276 g/mol. The third-order valence-electron chi connectivity index (χ3n) is 3.01. The summed E-state index contributed by atoms with van der Waals surface area (Å²) in [6, 6.07) is 7.09. The number of rotatable bonds is 7. The molecule has 0 radical (unpaired) electrons. The van der Waals surface area contributed by atoms with Crippen molar-refractivity contribution in [1.82, 2.24) is 4.90 Å². The van der Waals surface area contributed by atoms with Crippen LogP contribution in [0, 0.1) is 0 Å². The maximum atomic E-state index is 12.4. The van der Waals surface area contributed by atoms with Gasteiger partial charge in [-0.15, -0.1) is 0 Å². The van der Waals surface area contributed by atoms with Gasteiger partial charge in [0.1, 0.15) is 0 Å². The molecular weight excluding hydrogens is 252 g/mol. The highest BCUT2D eigenvalue weighted by Gasteiger charge is 2.13. The fourth-order valence-electron chi connectivity index (χ4n) is 1.98. The molecule has 1 rings (SSSR count). The van der Waals surface area contributed by atoms with Crippen molar-refractivity contribution in [2.24, 2.45) is 0 Å². The highest BCUT2D eigenvalue weighted by molar-refractivity contribution is 5.95. The number of hydrogen-bond acceptors (Lipinski definition) is 2. The molecule has 0 saturated carbocycles. The minimum Gasteiger partial charge on any atom is -0.339 e. The molecule has 1 aromatic carbocycles. The van der Waals surface area contributed by atoms with E-state index in [0.29, 0.717) is 12.0 Å². The Morgan fingerprint density at radius 1 is 1.00 bits per heavy atom. The maximum absolute atomic E-state index is 12.4. The van der Waals surface area contributed by atoms with Crippen molar-refractivity contribution < 1.29 is 9.59 Å². The second kappa shape index (κ2) is 8.35. The zero-order chi connectivity index (χ0) is 15.0. The molecule has 4 heteroatoms. The smallest absolute Gasteiger partial charge is 0.253 e. The standard InChI is InChI=1S/C16H24N2O2/c1-4-11-18(12-5-2)16(20)13-7-9-14(10-8-13)17-15(19)6-3/h7-10H,4-6,11-12H2,1-3H3,(H,17,19). The number of nitrogens with zero attached hydrogens (tertiary/aromatic N) is 1. The first-order valence-corrected chi connectivity index (χ1v) is 7.31. The van der Waals surface area contributed by atoms with Crippen molar-refractivity contribution in [3.8, 4) is 0 Å². The monoisotopic (exact) mass is 276 g/mol. The number of hydrogen-bond donors (Lipinski definition) is 1. The molecule has 0 heterocycles. The second-order valence-electron chi connectivity index (χ2n) is 4.77. The van der Waals surface area contributed by atoms with E-state index in [0.717, 1.165) is 31.6 Å². The number of carbonyl (C=O) groups is 2. The third-order valence-corrected chi connectivity index (χ3v) is 3.01. The summed E-state index contributed by atoms with van der Waals surface area (Å²) in [5.74, 6) is 0.0322. The van der Waals surface area contributed by atoms with Crippen LogP contribution < -0.4 is 5.32 Å². The van der Waals surface area contributed by atoms with Crippen LogP contribution in [0.25, 0.3) is 0 Å². The zero-order valence-corrected chi connectivity index (χ0v) is 12.6. The molecular formula is C16H24N2O2. The van der Waals surface area contributed by atoms with E-state index in [2.05, 4.69) is 19.2 Å². The van der Waals surface area contributed by atoms with Gasteiger partial charge in [0.25, 0.3) is 5.91 Å². The molecule has 0 aliphatic carbocycles. The van der Waals surface area contributed by atoms with Gasteiger partial charge < -0.3 is 10.2 Å². The SMILES string of the molecule is CCCN(CCC)C(=O)c1ccc(NC(=O)CC)cc1. The summed E-state index contributed by atoms with van der Waals surface area (Å²) in [6.45, 7) is 7.50. The molecule has 4 nitrogen and oxygen atoms in total. The van der Waals surface area contributed by atoms with Gasteiger partial charge in [0.05, 0.1) is 0 Å². The van der Waals surface area contributed by atoms with Gasteiger partial charge in [0.2, 0.25) is 5.91 Å². The molecule has 0 aromatic heterocycles. The minimum absolute atomic E-state index is 0.0253. The molecule has 0 atom stereocenters. The number of amides is 2. The number of carbonyl (C=O) groups excluding carboxylic acids is 2. The molecule has 0 spiro atoms. The lowest BCUT2D eigenvalue weighted by Gasteiger charge is -2.21. The molecule has 0 bridgehead atoms. The number of anilines is 1. The van der Waals surface area contributed by atoms with Crippen LogP contribution in [0.2, 0.25) is 0 Å². The van der Waals surface area contributed by atoms with Crippen LogP contribution in [0.1, 0.15) is 50.4 Å². The van der Waals surface area contributed by atoms with Crippen LogP contribution in [-0.4, -0.2) is 29.8 Å². The first-order valence-electron chi connectivity index (χ1n) is 7.31. The molecule has 110 valence electrons. The van der Waals surface area contributed by atoms with Crippen molar-refractivity contribution in [2.45, 2.75) is 40.0 Å². The highest BCUT2D eigenvalue weighted by atomic mass is 16.2. The Morgan fingerprint density at radius 2 is 1.55 bits per heavy atom. The fourth-order valence-corrected chi connectivity index (χ4v) is 1.98. The lowest BCUT2D eigenvalue weighted by Crippen LogP contribution is -2.32. The Morgan fingerprint density at radius 3 is 2.00 bits per heavy atom. The molecule has 1 aromatic rings. The topological polar surface area (TPSA) is 49.4 Å². The lowest BCUT2D eigenvalue weighted by molar-refractivity contribution is -0.115. The quantitative estimate of drug-likeness (QED) is 0.830. The Bertz CT molecular complexity index is 434. The third kappa shape index (κ3) is 4.68. The summed E-state index contributed by atoms with van der Waals surface area (Å²) in [5.41, 5.74) is 1.40. The molecule has 0 fully saturated rings. The summed E-state index contributed by atoms with van der Waals surface area (Å²) >= 11 is 0. The molecule has 0 aliphatic rings. The maximum Gasteiger partial charge on any atom is 0.253 e. The molecule has 1 N–H and O–H groups in total. The minimum atomic E-state index is -0.0253. The van der Waals surface area contributed by atoms with Gasteiger partial charge in [-0.05, 0) is 37.1 Å². The zero-order valence-electron chi connectivity index (χ0n) is 12.6. The van der Waals surface area contributed by atoms with Crippen molar-refractivity contribution in [1.29, 1.82) is 0 Å². The van der Waals surface area contributed by atoms with E-state index in [1.165, 1.54) is 0 Å². The summed E-state index contributed by atoms with van der Waals surface area (Å²) in [4.78, 5) is 25.5. The van der Waals surface area contributed by atoms with E-state index in [4.69, 9.17) is 0 Å². The molecule has 2 amide bonds. The van der Waals surface area contributed by atoms with Crippen molar-refractivity contribution >= 4 is 17.5 Å². The predicted octanol–water partition coefficient (Wildman–Crippen LogP) is 3.30. The van der Waals surface area contributed by atoms with Gasteiger partial charge in [-0.2, -0.15) is 0 Å². The van der Waals surface area contributed by atoms with Gasteiger partial charge in [-0.25, -0.2) is 0 Å². The summed E-state index contributed by atoms with van der Waals surface area (Å²) in [7, 11) is 0. The highest BCUT2D eigenvalue weighted by Crippen LogP contribution is 2.12. The van der Waals surface area contributed by atoms with E-state index in [9.17, 15) is 9.59 Å². The fraction of sp³-hybridized carbons (Fsp3) is 0.500. The van der Waals surface area contributed by atoms with Gasteiger partial charge in [0.15, 0.2) is 0 Å². The molecule has 20 heavy (non-hydrogen) atoms. The van der Waals surface area contributed by atoms with Crippen molar-refractivity contribution in [3.05, 3.63) is 29.8 Å². The van der Waals surface area contributed by atoms with E-state index in [1.54, 1.807) is 31.2 Å². The Labute approximate surface area is 121 Å². The Hall–Kier alpha value is -1.84. The molecule has 0 unspecified atom stereocenters. The molecule has 0 saturated heterocycles. The lowest BCUT2D eigenvalue weighted by atomic mass is 10.1. The Kier molecular flexibility index (Phi) is 6.77. The first-order chi connectivity index (χ1) is 9.62. The number of nitrogens with one attached hydrogen (secondary N) is 1. The average Bonchev–Trinajstić information content (AvgIpc) is 2.47. The Balaban J connectivity index is 2.75. The van der Waals surface area contributed by atoms with Crippen LogP contribution in [0.3, 0.4) is 0 Å². The van der Waals surface area contributed by atoms with Crippen LogP contribution in [0.5, 0.6) is 0 Å². The van der Waals surface area contributed by atoms with Gasteiger partial charge in [0, 0.05) is 30.8 Å². The first kappa shape index (κ1) is 16.2. The van der Waals surface area contributed by atoms with Crippen LogP contribution in [0.15, 0.2) is 24.3 Å². The van der Waals surface area contributed by atoms with Crippen LogP contribution in [-0.2, 0) is 4.79 Å². The summed E-state index contributed by atoms with van der Waals surface area (Å²) in [6.07, 6.45) is 2.36. The van der Waals surface area contributed by atoms with Crippen molar-refractivity contribution in [3.63, 3.8) is 0 Å². The van der Waals surface area contributed by atoms with Gasteiger partial charge in [-0.3, -0.25) is 9.59 Å². The van der Waals surface area contributed by atoms with E-state index in [-0.39, 0.29) is 11.8 Å². The summed E-state index contributed by atoms with van der Waals surface area (Å²) < 4.78 is 0. The molecule has 0 aliphatic heterocycles. The van der Waals surface area contributed by atoms with E-state index < -0.39 is 0 Å². The number of benzene rings is 1. The van der Waals surface area contributed by atoms with E-state index in [1.807, 2.05) is 4.90 Å². The van der Waals surface area contributed by atoms with Crippen LogP contribution in [0.4, 0.5) is 5.69 Å². The normalized spacial score (nSPS) is 10.2. The van der Waals surface area contributed by atoms with Gasteiger partial charge in [-0.1, -0.05) is 20.8 Å². The summed E-state index contributed by atoms with van der Waals surface area (Å²) in [5, 5.41) is 2.77. The van der Waals surface area contributed by atoms with Crippen LogP contribution >= 0.6 is 0 Å². The van der Waals surface area contributed by atoms with E-state index >= 15 is 0 Å². The van der Waals surface area contributed by atoms with Crippen molar-refractivity contribution in [2.75, 3.05) is 18.4 Å². The van der Waals surface area contributed by atoms with Gasteiger partial charge >= 0.3 is 0 Å². The second-order valence-corrected chi connectivity index (χ2v) is 4.77. The largest absolute Gasteiger partial charge is 0.339 e.